The van der Waals surface area contributed by atoms with Gasteiger partial charge in [0.1, 0.15) is 207 Å². The SMILES string of the molecule is CC(=O)N[C@H]1C(OC[C@H]2O[C@H](OC[C@H]3O[C@H](O[C@H]4[C@@H](O)[C@@H](CO)O[C@H](OP(=O)(O)O[C@@H]5[C@H](O)[C@@H](O[C@H]6[C@@H]([C@H](O)CN)O[C@@](OC[C@H]7O[C@@H](OC[C@H]8O[C@H](O)[C@H](N)[C@@H](O)[C@@H]8O)[C@H](N)[C@@H](O)[C@@H]7OP(=O)(O)O)(C(=O)O)C[C@H]6OP(=O)(O)OP(=O)(O)OCCN)O[C@H]([C@H](O)CO)[C@H]5O)[C@@H]4O)[C@H](O)[C@@H](O)[C@H]3O)[C@H](O)[C@@H](O)[C@H]2OC2O[C@H](CO)[C@H](O)[C@H](O)[C@H]2NC(C)=O)O[C@H](CO)[C@H](O)[C@@H]1O. The number of aliphatic hydroxyl groups is 23. The van der Waals surface area contributed by atoms with Crippen molar-refractivity contribution in [2.24, 2.45) is 22.9 Å². The molecule has 2 amide bonds. The number of aliphatic hydroxyl groups excluding tert-OH is 23. The van der Waals surface area contributed by atoms with Gasteiger partial charge in [-0.3, -0.25) is 32.2 Å². The van der Waals surface area contributed by atoms with Crippen molar-refractivity contribution in [2.75, 3.05) is 72.6 Å². The first-order valence-electron chi connectivity index (χ1n) is 39.7. The van der Waals surface area contributed by atoms with Crippen LogP contribution in [0.5, 0.6) is 0 Å². The Labute approximate surface area is 737 Å². The van der Waals surface area contributed by atoms with Crippen molar-refractivity contribution in [1.82, 2.24) is 10.6 Å². The fourth-order valence-corrected chi connectivity index (χ4v) is 19.0. The first-order valence-corrected chi connectivity index (χ1v) is 45.7. The Kier molecular flexibility index (Phi) is 40.2. The van der Waals surface area contributed by atoms with Gasteiger partial charge < -0.3 is 256 Å². The molecule has 0 aromatic rings. The van der Waals surface area contributed by atoms with Crippen LogP contribution in [-0.2, 0) is 135 Å². The van der Waals surface area contributed by atoms with E-state index in [0.29, 0.717) is 0 Å². The smallest absolute Gasteiger partial charge is 0.477 e. The maximum absolute atomic E-state index is 14.5. The Hall–Kier alpha value is -2.83. The second kappa shape index (κ2) is 47.2. The summed E-state index contributed by atoms with van der Waals surface area (Å²) in [4.78, 5) is 91.6. The number of ether oxygens (including phenoxy) is 16. The average Bonchev–Trinajstić information content (AvgIpc) is 0.744. The van der Waals surface area contributed by atoms with Crippen molar-refractivity contribution < 1.29 is 282 Å². The van der Waals surface area contributed by atoms with E-state index in [1.807, 2.05) is 0 Å². The predicted octanol–water partition coefficient (Wildman–Crippen LogP) is -20.8. The van der Waals surface area contributed by atoms with Crippen LogP contribution in [0.15, 0.2) is 0 Å². The molecule has 9 rings (SSSR count). The maximum atomic E-state index is 14.5. The van der Waals surface area contributed by atoms with Gasteiger partial charge >= 0.3 is 37.3 Å². The van der Waals surface area contributed by atoms with E-state index in [-0.39, 0.29) is 0 Å². The number of carbonyl (C=O) groups excluding carboxylic acids is 2. The summed E-state index contributed by atoms with van der Waals surface area (Å²) in [6, 6.07) is -6.93. The Morgan fingerprint density at radius 2 is 0.893 bits per heavy atom. The highest BCUT2D eigenvalue weighted by Gasteiger charge is 2.64. The van der Waals surface area contributed by atoms with Crippen LogP contribution in [0.2, 0.25) is 0 Å². The number of aliphatic carboxylic acids is 1. The van der Waals surface area contributed by atoms with Crippen molar-refractivity contribution in [1.29, 1.82) is 0 Å². The molecule has 9 aliphatic heterocycles. The molecular formula is C63H114N6O58P4. The Morgan fingerprint density at radius 3 is 1.46 bits per heavy atom. The number of carbonyl (C=O) groups is 3. The van der Waals surface area contributed by atoms with Crippen molar-refractivity contribution in [3.05, 3.63) is 0 Å². The summed E-state index contributed by atoms with van der Waals surface area (Å²) in [5.74, 6) is -7.79. The molecule has 0 spiro atoms. The van der Waals surface area contributed by atoms with E-state index < -0.39 is 410 Å². The molecule has 9 aliphatic rings. The first-order chi connectivity index (χ1) is 61.1. The summed E-state index contributed by atoms with van der Waals surface area (Å²) in [5.41, 5.74) is 22.9. The van der Waals surface area contributed by atoms with Crippen LogP contribution < -0.4 is 33.6 Å². The largest absolute Gasteiger partial charge is 0.481 e. The minimum Gasteiger partial charge on any atom is -0.477 e. The van der Waals surface area contributed by atoms with Crippen LogP contribution in [-0.4, -0.2) is 519 Å². The predicted molar refractivity (Wildman–Crippen MR) is 400 cm³/mol. The van der Waals surface area contributed by atoms with E-state index in [4.69, 9.17) is 117 Å². The molecule has 0 aliphatic carbocycles. The zero-order valence-electron chi connectivity index (χ0n) is 68.4. The number of hydrogen-bond acceptors (Lipinski definition) is 56. The van der Waals surface area contributed by atoms with Gasteiger partial charge in [-0.15, -0.1) is 0 Å². The van der Waals surface area contributed by atoms with Crippen LogP contribution in [0.4, 0.5) is 0 Å². The molecule has 9 saturated heterocycles. The van der Waals surface area contributed by atoms with Crippen LogP contribution >= 0.6 is 31.3 Å². The van der Waals surface area contributed by atoms with E-state index in [1.54, 1.807) is 0 Å². The van der Waals surface area contributed by atoms with Gasteiger partial charge in [0.25, 0.3) is 5.79 Å². The van der Waals surface area contributed by atoms with E-state index >= 15 is 0 Å². The topological polar surface area (TPSA) is 1040 Å². The molecule has 5 unspecified atom stereocenters. The van der Waals surface area contributed by atoms with E-state index in [0.717, 1.165) is 13.8 Å². The summed E-state index contributed by atoms with van der Waals surface area (Å²) in [6.07, 6.45) is -96.2. The molecular weight excluding hydrogens is 1890 g/mol. The van der Waals surface area contributed by atoms with Gasteiger partial charge in [-0.2, -0.15) is 4.31 Å². The van der Waals surface area contributed by atoms with Crippen molar-refractivity contribution in [2.45, 2.75) is 302 Å². The maximum Gasteiger partial charge on any atom is 0.481 e. The van der Waals surface area contributed by atoms with E-state index in [2.05, 4.69) is 19.5 Å². The van der Waals surface area contributed by atoms with Gasteiger partial charge in [-0.25, -0.2) is 23.1 Å². The summed E-state index contributed by atoms with van der Waals surface area (Å²) < 4.78 is 174. The number of hydrogen-bond donors (Lipinski definition) is 35. The van der Waals surface area contributed by atoms with E-state index in [1.165, 1.54) is 0 Å². The van der Waals surface area contributed by atoms with Crippen LogP contribution in [0.25, 0.3) is 0 Å². The quantitative estimate of drug-likeness (QED) is 0.0253. The molecule has 9 fully saturated rings. The molecule has 764 valence electrons. The molecule has 68 heteroatoms. The fourth-order valence-electron chi connectivity index (χ4n) is 15.1. The number of phosphoric ester groups is 4. The lowest BCUT2D eigenvalue weighted by Gasteiger charge is -2.50. The normalized spacial score (nSPS) is 45.8. The lowest BCUT2D eigenvalue weighted by molar-refractivity contribution is -0.372. The zero-order valence-corrected chi connectivity index (χ0v) is 72.0. The molecule has 0 radical (unpaired) electrons. The number of phosphoric acid groups is 4. The van der Waals surface area contributed by atoms with Crippen molar-refractivity contribution in [3.8, 4) is 0 Å². The lowest BCUT2D eigenvalue weighted by atomic mass is 9.91. The molecule has 9 heterocycles. The summed E-state index contributed by atoms with van der Waals surface area (Å²) in [6.45, 7) is -10.2. The van der Waals surface area contributed by atoms with Gasteiger partial charge in [-0.1, -0.05) is 0 Å². The second-order valence-electron chi connectivity index (χ2n) is 31.3. The Balaban J connectivity index is 0.951. The van der Waals surface area contributed by atoms with Gasteiger partial charge in [-0.05, 0) is 0 Å². The monoisotopic (exact) mass is 2010 g/mol. The standard InChI is InChI=1S/C63H114N6O58P4/c1-15(74)68-29-38(85)31(78)20(8-71)112-56(29)107-13-25-49(119-57-30(69-16(2)75)39(86)32(79)21(9-72)113-57)41(88)43(90)58(117-25)108-12-24-34(81)40(87)42(89)59(115-24)121-52-35(82)22(10-73)114-61(45(52)92)126-130(102,103)125-53-44(91)47(18(77)7-70)118-60(46(53)93)120-51-19(123-131(104,105)127-129(100,101)110-4-3-64)5-63(62(95)96,122-48(51)17(76)6-65)109-14-26-50(124-128(97,98)99)37(84)28(67)55(116-26)106-11-23-33(80)36(83)27(66)54(94)111-23/h17-61,70-73,76-94H,3-14,64-67H2,1-2H3,(H,68,74)(H,69,75)(H,95,96)(H,100,101)(H,102,103)(H,104,105)(H2,97,98,99)/t17-,18-,19-,20-,21-,22-,23-,24-,25-,26-,27-,28-,29-,30-,31+,32+,33-,34+,35+,36-,37-,38-,39-,40+,41-,42-,43-,44-,45-,46+,47-,48-,49+,50-,51-,52+,53+,54+,55-,56?,57?,58+,59-,60-,61-,63-/m1/s1. The number of nitrogens with one attached hydrogen (secondary N) is 2. The van der Waals surface area contributed by atoms with Gasteiger partial charge in [0, 0.05) is 33.4 Å². The van der Waals surface area contributed by atoms with E-state index in [9.17, 15) is 180 Å². The summed E-state index contributed by atoms with van der Waals surface area (Å²) in [7, 11) is -24.6. The van der Waals surface area contributed by atoms with Gasteiger partial charge in [0.05, 0.1) is 77.6 Å². The molecule has 0 bridgehead atoms. The molecule has 131 heavy (non-hydrogen) atoms. The number of nitrogens with two attached hydrogens (primary N) is 4. The van der Waals surface area contributed by atoms with Crippen LogP contribution in [0, 0.1) is 0 Å². The highest BCUT2D eigenvalue weighted by molar-refractivity contribution is 7.61. The zero-order chi connectivity index (χ0) is 97.7. The summed E-state index contributed by atoms with van der Waals surface area (Å²) in [5, 5.41) is 270. The third-order valence-electron chi connectivity index (χ3n) is 21.9. The lowest BCUT2D eigenvalue weighted by Crippen LogP contribution is -2.68. The van der Waals surface area contributed by atoms with Crippen molar-refractivity contribution in [3.63, 3.8) is 0 Å². The highest BCUT2D eigenvalue weighted by Crippen LogP contribution is 2.62. The Bertz CT molecular complexity index is 3840. The van der Waals surface area contributed by atoms with Crippen LogP contribution in [0.1, 0.15) is 20.3 Å². The number of carboxylic acid groups (broad SMARTS) is 1. The van der Waals surface area contributed by atoms with Crippen LogP contribution in [0.3, 0.4) is 0 Å². The summed E-state index contributed by atoms with van der Waals surface area (Å²) >= 11 is 0. The third kappa shape index (κ3) is 27.1. The molecule has 0 saturated carbocycles. The minimum atomic E-state index is -6.46. The third-order valence-corrected chi connectivity index (χ3v) is 26.1. The Morgan fingerprint density at radius 1 is 0.420 bits per heavy atom. The number of amides is 2. The number of carboxylic acids is 1. The molecule has 64 nitrogen and oxygen atoms in total. The molecule has 0 aromatic heterocycles. The van der Waals surface area contributed by atoms with Gasteiger partial charge in [0.2, 0.25) is 11.8 Å². The highest BCUT2D eigenvalue weighted by atomic mass is 31.3. The second-order valence-corrected chi connectivity index (χ2v) is 36.8. The van der Waals surface area contributed by atoms with Gasteiger partial charge in [0.15, 0.2) is 50.3 Å². The fraction of sp³-hybridized carbons (Fsp3) is 0.952. The minimum absolute atomic E-state index is 0.577. The molecule has 39 N–H and O–H groups in total. The average molecular weight is 2010 g/mol. The molecule has 0 aromatic carbocycles. The number of rotatable bonds is 41. The molecule has 49 atom stereocenters. The van der Waals surface area contributed by atoms with Crippen molar-refractivity contribution >= 4 is 49.1 Å². The first kappa shape index (κ1) is 112.